The van der Waals surface area contributed by atoms with Crippen LogP contribution in [-0.4, -0.2) is 332 Å². The Hall–Kier alpha value is -5.08. The minimum Gasteiger partial charge on any atom is -0.481 e. The first kappa shape index (κ1) is 102. The summed E-state index contributed by atoms with van der Waals surface area (Å²) < 4.78 is 104. The summed E-state index contributed by atoms with van der Waals surface area (Å²) in [4.78, 5) is 102. The van der Waals surface area contributed by atoms with Crippen molar-refractivity contribution in [1.82, 2.24) is 37.2 Å². The highest BCUT2D eigenvalue weighted by atomic mass is 16.7. The highest BCUT2D eigenvalue weighted by Gasteiger charge is 2.48. The molecule has 3 rings (SSSR count). The van der Waals surface area contributed by atoms with Crippen molar-refractivity contribution < 1.29 is 129 Å². The molecule has 15 unspecified atom stereocenters. The Morgan fingerprint density at radius 3 is 0.823 bits per heavy atom. The van der Waals surface area contributed by atoms with Gasteiger partial charge in [0, 0.05) is 174 Å². The van der Waals surface area contributed by atoms with Gasteiger partial charge >= 0.3 is 5.97 Å². The number of aliphatic carboxylic acids is 1. The highest BCUT2D eigenvalue weighted by Crippen LogP contribution is 2.29. The summed E-state index contributed by atoms with van der Waals surface area (Å²) in [5.74, 6) is -2.49. The lowest BCUT2D eigenvalue weighted by atomic mass is 9.97. The van der Waals surface area contributed by atoms with Gasteiger partial charge in [-0.2, -0.15) is 0 Å². The largest absolute Gasteiger partial charge is 0.481 e. The zero-order chi connectivity index (χ0) is 82.9. The van der Waals surface area contributed by atoms with Crippen LogP contribution in [0.2, 0.25) is 0 Å². The second-order valence-electron chi connectivity index (χ2n) is 28.5. The van der Waals surface area contributed by atoms with Gasteiger partial charge in [0.05, 0.1) is 77.6 Å². The molecule has 3 fully saturated rings. The second-order valence-corrected chi connectivity index (χ2v) is 28.5. The summed E-state index contributed by atoms with van der Waals surface area (Å²) in [5.41, 5.74) is 17.8. The molecule has 37 nitrogen and oxygen atoms in total. The molecule has 0 aromatic heterocycles. The molecule has 658 valence electrons. The lowest BCUT2D eigenvalue weighted by molar-refractivity contribution is -0.275. The summed E-state index contributed by atoms with van der Waals surface area (Å²) in [6.45, 7) is 2.78. The minimum absolute atomic E-state index is 0.0484. The van der Waals surface area contributed by atoms with E-state index in [1.54, 1.807) is 64.0 Å². The number of carbonyl (C=O) groups is 8. The van der Waals surface area contributed by atoms with Gasteiger partial charge in [0.1, 0.15) is 60.5 Å². The highest BCUT2D eigenvalue weighted by molar-refractivity contribution is 5.78. The number of ether oxygens (including phenoxy) is 18. The summed E-state index contributed by atoms with van der Waals surface area (Å²) in [6, 6.07) is -1.81. The van der Waals surface area contributed by atoms with Gasteiger partial charge < -0.3 is 145 Å². The molecule has 3 aliphatic heterocycles. The predicted octanol–water partition coefficient (Wildman–Crippen LogP) is 0.661. The normalized spacial score (nSPS) is 24.2. The molecule has 7 amide bonds. The summed E-state index contributed by atoms with van der Waals surface area (Å²) >= 11 is 0. The van der Waals surface area contributed by atoms with E-state index in [0.29, 0.717) is 110 Å². The molecule has 0 bridgehead atoms. The lowest BCUT2D eigenvalue weighted by Crippen LogP contribution is -2.63. The number of hydrogen-bond acceptors (Lipinski definition) is 29. The molecule has 0 spiro atoms. The van der Waals surface area contributed by atoms with Crippen LogP contribution in [0.1, 0.15) is 161 Å². The van der Waals surface area contributed by atoms with E-state index in [4.69, 9.17) is 108 Å². The van der Waals surface area contributed by atoms with Gasteiger partial charge in [-0.05, 0) is 70.6 Å². The van der Waals surface area contributed by atoms with E-state index in [0.717, 1.165) is 38.5 Å². The topological polar surface area (TPSA) is 485 Å². The van der Waals surface area contributed by atoms with Gasteiger partial charge in [-0.15, -0.1) is 0 Å². The molecule has 0 saturated carbocycles. The van der Waals surface area contributed by atoms with Crippen LogP contribution < -0.4 is 54.4 Å². The number of amides is 7. The van der Waals surface area contributed by atoms with Crippen molar-refractivity contribution in [3.8, 4) is 0 Å². The Kier molecular flexibility index (Phi) is 57.0. The third-order valence-corrected chi connectivity index (χ3v) is 19.4. The van der Waals surface area contributed by atoms with Gasteiger partial charge in [-0.1, -0.05) is 38.5 Å². The number of unbranched alkanes of at least 4 members (excludes halogenated alkanes) is 10. The van der Waals surface area contributed by atoms with Crippen LogP contribution in [0, 0.1) is 0 Å². The molecule has 37 heteroatoms. The van der Waals surface area contributed by atoms with Crippen molar-refractivity contribution in [2.75, 3.05) is 183 Å². The Bertz CT molecular complexity index is 2340. The van der Waals surface area contributed by atoms with E-state index in [2.05, 4.69) is 37.2 Å². The maximum atomic E-state index is 13.9. The average Bonchev–Trinajstić information content (AvgIpc) is 0.815. The van der Waals surface area contributed by atoms with Crippen LogP contribution in [0.25, 0.3) is 0 Å². The third-order valence-electron chi connectivity index (χ3n) is 19.4. The number of nitrogens with one attached hydrogen (secondary N) is 7. The number of hydrogen-bond donors (Lipinski definition) is 11. The van der Waals surface area contributed by atoms with Crippen LogP contribution in [0.3, 0.4) is 0 Å². The van der Waals surface area contributed by atoms with E-state index in [1.807, 2.05) is 0 Å². The maximum absolute atomic E-state index is 13.9. The van der Waals surface area contributed by atoms with Gasteiger partial charge in [-0.3, -0.25) is 38.4 Å². The van der Waals surface area contributed by atoms with Crippen LogP contribution in [0.5, 0.6) is 0 Å². The maximum Gasteiger partial charge on any atom is 0.303 e. The Morgan fingerprint density at radius 1 is 0.310 bits per heavy atom. The fourth-order valence-corrected chi connectivity index (χ4v) is 13.3. The molecule has 0 aromatic rings. The number of carboxylic acid groups (broad SMARTS) is 1. The average molecular weight is 1630 g/mol. The number of carbonyl (C=O) groups excluding carboxylic acids is 7. The van der Waals surface area contributed by atoms with Crippen molar-refractivity contribution in [2.45, 2.75) is 258 Å². The molecule has 0 aliphatic carbocycles. The Morgan fingerprint density at radius 2 is 0.558 bits per heavy atom. The van der Waals surface area contributed by atoms with E-state index < -0.39 is 103 Å². The monoisotopic (exact) mass is 1630 g/mol. The Balaban J connectivity index is 1.54. The van der Waals surface area contributed by atoms with Gasteiger partial charge in [0.2, 0.25) is 41.4 Å². The van der Waals surface area contributed by atoms with Crippen molar-refractivity contribution in [1.29, 1.82) is 0 Å². The van der Waals surface area contributed by atoms with E-state index in [9.17, 15) is 38.4 Å². The molecule has 3 aliphatic rings. The van der Waals surface area contributed by atoms with Gasteiger partial charge in [0.15, 0.2) is 18.9 Å². The fourth-order valence-electron chi connectivity index (χ4n) is 13.3. The van der Waals surface area contributed by atoms with Gasteiger partial charge in [0.25, 0.3) is 0 Å². The number of nitrogens with two attached hydrogens (primary N) is 3. The van der Waals surface area contributed by atoms with Crippen LogP contribution in [0.4, 0.5) is 0 Å². The molecular weight excluding hydrogens is 1480 g/mol. The summed E-state index contributed by atoms with van der Waals surface area (Å²) in [5, 5.41) is 29.3. The van der Waals surface area contributed by atoms with Crippen molar-refractivity contribution >= 4 is 47.3 Å². The van der Waals surface area contributed by atoms with E-state index >= 15 is 0 Å². The molecular formula is C76H142N10O27. The predicted molar refractivity (Wildman–Crippen MR) is 413 cm³/mol. The molecule has 0 radical (unpaired) electrons. The van der Waals surface area contributed by atoms with Crippen LogP contribution in [0.15, 0.2) is 0 Å². The molecule has 3 heterocycles. The van der Waals surface area contributed by atoms with Crippen molar-refractivity contribution in [2.24, 2.45) is 17.2 Å². The molecule has 15 atom stereocenters. The molecule has 14 N–H and O–H groups in total. The van der Waals surface area contributed by atoms with Crippen molar-refractivity contribution in [3.05, 3.63) is 0 Å². The number of carboxylic acids is 1. The lowest BCUT2D eigenvalue weighted by Gasteiger charge is -2.43. The van der Waals surface area contributed by atoms with Crippen molar-refractivity contribution in [3.63, 3.8) is 0 Å². The zero-order valence-corrected chi connectivity index (χ0v) is 68.9. The first-order valence-electron chi connectivity index (χ1n) is 40.3. The van der Waals surface area contributed by atoms with Crippen LogP contribution in [-0.2, 0) is 124 Å². The second kappa shape index (κ2) is 63.1. The Labute approximate surface area is 668 Å². The van der Waals surface area contributed by atoms with Gasteiger partial charge in [-0.25, -0.2) is 0 Å². The smallest absolute Gasteiger partial charge is 0.303 e. The minimum atomic E-state index is -1.36. The van der Waals surface area contributed by atoms with Crippen LogP contribution >= 0.6 is 0 Å². The van der Waals surface area contributed by atoms with E-state index in [-0.39, 0.29) is 172 Å². The molecule has 0 aromatic carbocycles. The zero-order valence-electron chi connectivity index (χ0n) is 68.9. The van der Waals surface area contributed by atoms with E-state index in [1.165, 1.54) is 0 Å². The molecule has 3 saturated heterocycles. The fraction of sp³-hybridized carbons (Fsp3) is 0.895. The first-order chi connectivity index (χ1) is 54.7. The number of methoxy groups -OCH3 is 9. The summed E-state index contributed by atoms with van der Waals surface area (Å²) in [7, 11) is 14.0. The quantitative estimate of drug-likeness (QED) is 0.0373. The first-order valence-corrected chi connectivity index (χ1v) is 40.3. The molecule has 113 heavy (non-hydrogen) atoms. The summed E-state index contributed by atoms with van der Waals surface area (Å²) in [6.07, 6.45) is 5.94. The standard InChI is InChI=1S/C76H142N10O27/c1-96-47-53-67(99-4)70(102-7)64(77)73(111-53)108-41-21-18-27-56(87)80-35-24-38-83-59(90)32-44-105-50-76(86-62(93)30-16-14-12-10-11-13-15-17-31-63(94)95,51-106-45-33-60(91)84-39-25-36-81-57(88)28-19-22-42-109-74-65(78)71(103-8)68(100-5)54(112-74)48-97-2)52-107-46-34-61(92)85-40-26-37-82-58(89)29-20-23-43-110-75-66(79)72(104-9)69(101-6)55(113-75)49-98-3/h53-55,64-75H,10-52,77-79H2,1-9H3,(H,80,87)(H,81,88)(H,82,89)(H,83,90)(H,84,91)(H,85,92)(H,86,93)(H,94,95). The SMILES string of the molecule is COCC1OC(OCCCCC(=O)NCCCNC(=O)CCOCC(COCCC(=O)NCCCNC(=O)CCCCOC2OC(COC)C(OC)C(OC)C2N)(COCCC(=O)NCCCNC(=O)CCCCOC2OC(COC)C(OC)C(OC)C2N)NC(=O)CCCCCCCCCCC(=O)O)C(N)C(OC)C1OC. The number of rotatable bonds is 69. The third kappa shape index (κ3) is 42.8.